The molecule has 126 valence electrons. The van der Waals surface area contributed by atoms with E-state index < -0.39 is 0 Å². The van der Waals surface area contributed by atoms with Gasteiger partial charge in [0.1, 0.15) is 5.75 Å². The fourth-order valence-electron chi connectivity index (χ4n) is 3.71. The van der Waals surface area contributed by atoms with E-state index in [9.17, 15) is 5.11 Å². The zero-order chi connectivity index (χ0) is 16.8. The molecule has 0 radical (unpaired) electrons. The van der Waals surface area contributed by atoms with Crippen LogP contribution in [0.5, 0.6) is 5.75 Å². The van der Waals surface area contributed by atoms with Crippen LogP contribution in [0.2, 0.25) is 0 Å². The van der Waals surface area contributed by atoms with Gasteiger partial charge in [0.15, 0.2) is 0 Å². The first-order chi connectivity index (χ1) is 11.7. The van der Waals surface area contributed by atoms with Crippen molar-refractivity contribution in [1.29, 1.82) is 0 Å². The Hall–Kier alpha value is -2.09. The summed E-state index contributed by atoms with van der Waals surface area (Å²) < 4.78 is 0. The Labute approximate surface area is 145 Å². The Bertz CT molecular complexity index is 682. The molecule has 1 aliphatic rings. The molecule has 1 saturated carbocycles. The first-order valence-electron chi connectivity index (χ1n) is 9.07. The minimum Gasteiger partial charge on any atom is -0.508 e. The number of phenols is 1. The van der Waals surface area contributed by atoms with Crippen LogP contribution in [0.1, 0.15) is 50.2 Å². The summed E-state index contributed by atoms with van der Waals surface area (Å²) >= 11 is 0. The topological polar surface area (TPSA) is 32.6 Å². The zero-order valence-corrected chi connectivity index (χ0v) is 14.5. The average Bonchev–Trinajstić information content (AvgIpc) is 2.57. The van der Waals surface area contributed by atoms with Gasteiger partial charge in [-0.25, -0.2) is 0 Å². The average molecular weight is 321 g/mol. The van der Waals surface area contributed by atoms with E-state index in [4.69, 9.17) is 4.99 Å². The van der Waals surface area contributed by atoms with E-state index in [1.807, 2.05) is 12.1 Å². The van der Waals surface area contributed by atoms with Crippen LogP contribution in [0.15, 0.2) is 59.6 Å². The summed E-state index contributed by atoms with van der Waals surface area (Å²) in [6, 6.07) is 18.4. The maximum Gasteiger partial charge on any atom is 0.115 e. The van der Waals surface area contributed by atoms with Crippen LogP contribution >= 0.6 is 0 Å². The van der Waals surface area contributed by atoms with Crippen molar-refractivity contribution in [2.45, 2.75) is 50.9 Å². The Morgan fingerprint density at radius 2 is 1.83 bits per heavy atom. The maximum absolute atomic E-state index is 9.82. The normalized spacial score (nSPS) is 19.8. The number of rotatable bonds is 7. The molecule has 0 unspecified atom stereocenters. The van der Waals surface area contributed by atoms with E-state index in [-0.39, 0.29) is 5.41 Å². The minimum atomic E-state index is 0.195. The molecule has 24 heavy (non-hydrogen) atoms. The molecule has 1 fully saturated rings. The van der Waals surface area contributed by atoms with Gasteiger partial charge in [-0.15, -0.1) is 0 Å². The second-order valence-electron chi connectivity index (χ2n) is 6.97. The van der Waals surface area contributed by atoms with Crippen molar-refractivity contribution < 1.29 is 5.11 Å². The highest BCUT2D eigenvalue weighted by molar-refractivity contribution is 5.93. The third-order valence-electron chi connectivity index (χ3n) is 5.13. The van der Waals surface area contributed by atoms with Crippen LogP contribution in [0.3, 0.4) is 0 Å². The fourth-order valence-corrected chi connectivity index (χ4v) is 3.71. The zero-order valence-electron chi connectivity index (χ0n) is 14.5. The number of benzene rings is 2. The van der Waals surface area contributed by atoms with Crippen LogP contribution < -0.4 is 0 Å². The van der Waals surface area contributed by atoms with Gasteiger partial charge in [-0.3, -0.25) is 4.99 Å². The molecule has 0 atom stereocenters. The van der Waals surface area contributed by atoms with Crippen molar-refractivity contribution in [3.63, 3.8) is 0 Å². The molecule has 3 rings (SSSR count). The van der Waals surface area contributed by atoms with Gasteiger partial charge in [0, 0.05) is 17.7 Å². The molecule has 0 heterocycles. The van der Waals surface area contributed by atoms with Crippen molar-refractivity contribution in [2.75, 3.05) is 6.54 Å². The van der Waals surface area contributed by atoms with Gasteiger partial charge >= 0.3 is 0 Å². The molecule has 2 aromatic rings. The fraction of sp³-hybridized carbons (Fsp3) is 0.409. The first kappa shape index (κ1) is 16.8. The molecule has 2 heteroatoms. The molecule has 0 saturated heterocycles. The van der Waals surface area contributed by atoms with Crippen LogP contribution in [-0.4, -0.2) is 17.4 Å². The van der Waals surface area contributed by atoms with E-state index in [1.165, 1.54) is 36.1 Å². The largest absolute Gasteiger partial charge is 0.508 e. The second-order valence-corrected chi connectivity index (χ2v) is 6.97. The number of aromatic hydroxyl groups is 1. The molecule has 0 amide bonds. The first-order valence-corrected chi connectivity index (χ1v) is 9.07. The van der Waals surface area contributed by atoms with Crippen molar-refractivity contribution >= 4 is 5.71 Å². The predicted molar refractivity (Wildman–Crippen MR) is 101 cm³/mol. The van der Waals surface area contributed by atoms with Crippen molar-refractivity contribution in [3.05, 3.63) is 65.7 Å². The monoisotopic (exact) mass is 321 g/mol. The smallest absolute Gasteiger partial charge is 0.115 e. The number of nitrogens with zero attached hydrogens (tertiary/aromatic N) is 1. The van der Waals surface area contributed by atoms with E-state index >= 15 is 0 Å². The van der Waals surface area contributed by atoms with Crippen LogP contribution in [0.4, 0.5) is 0 Å². The predicted octanol–water partition coefficient (Wildman–Crippen LogP) is 5.30. The Morgan fingerprint density at radius 3 is 2.54 bits per heavy atom. The number of phenolic OH excluding ortho intramolecular Hbond substituents is 1. The SMILES string of the molecule is CCCCC1(c2cccc(O)c2)CC(=NCCc2ccccc2)C1. The van der Waals surface area contributed by atoms with Gasteiger partial charge in [-0.05, 0) is 48.9 Å². The van der Waals surface area contributed by atoms with Gasteiger partial charge in [-0.1, -0.05) is 62.2 Å². The summed E-state index contributed by atoms with van der Waals surface area (Å²) in [6.45, 7) is 3.12. The highest BCUT2D eigenvalue weighted by atomic mass is 16.3. The van der Waals surface area contributed by atoms with Crippen molar-refractivity contribution in [3.8, 4) is 5.75 Å². The summed E-state index contributed by atoms with van der Waals surface area (Å²) in [5.74, 6) is 0.373. The molecule has 0 spiro atoms. The number of hydrogen-bond acceptors (Lipinski definition) is 2. The lowest BCUT2D eigenvalue weighted by Crippen LogP contribution is -2.42. The van der Waals surface area contributed by atoms with Crippen molar-refractivity contribution in [1.82, 2.24) is 0 Å². The lowest BCUT2D eigenvalue weighted by Gasteiger charge is -2.44. The Kier molecular flexibility index (Phi) is 5.34. The van der Waals surface area contributed by atoms with Gasteiger partial charge in [0.2, 0.25) is 0 Å². The standard InChI is InChI=1S/C22H27NO/c1-2-3-13-22(19-10-7-11-21(24)15-19)16-20(17-22)23-14-12-18-8-5-4-6-9-18/h4-11,15,24H,2-3,12-14,16-17H2,1H3. The molecule has 2 aromatic carbocycles. The molecule has 0 aromatic heterocycles. The van der Waals surface area contributed by atoms with Crippen LogP contribution in [0, 0.1) is 0 Å². The third-order valence-corrected chi connectivity index (χ3v) is 5.13. The van der Waals surface area contributed by atoms with Crippen molar-refractivity contribution in [2.24, 2.45) is 4.99 Å². The Morgan fingerprint density at radius 1 is 1.04 bits per heavy atom. The maximum atomic E-state index is 9.82. The van der Waals surface area contributed by atoms with E-state index in [0.29, 0.717) is 5.75 Å². The molecular formula is C22H27NO. The minimum absolute atomic E-state index is 0.195. The highest BCUT2D eigenvalue weighted by Crippen LogP contribution is 2.46. The number of aliphatic imine (C=N–C) groups is 1. The van der Waals surface area contributed by atoms with E-state index in [0.717, 1.165) is 25.8 Å². The van der Waals surface area contributed by atoms with Gasteiger partial charge < -0.3 is 5.11 Å². The summed E-state index contributed by atoms with van der Waals surface area (Å²) in [6.07, 6.45) is 6.73. The summed E-state index contributed by atoms with van der Waals surface area (Å²) in [4.78, 5) is 4.83. The molecule has 0 aliphatic heterocycles. The third kappa shape index (κ3) is 3.87. The molecule has 1 N–H and O–H groups in total. The number of unbranched alkanes of at least 4 members (excludes halogenated alkanes) is 1. The lowest BCUT2D eigenvalue weighted by atomic mass is 9.60. The van der Waals surface area contributed by atoms with E-state index in [1.54, 1.807) is 6.07 Å². The highest BCUT2D eigenvalue weighted by Gasteiger charge is 2.42. The summed E-state index contributed by atoms with van der Waals surface area (Å²) in [7, 11) is 0. The second kappa shape index (κ2) is 7.65. The molecular weight excluding hydrogens is 294 g/mol. The Balaban J connectivity index is 1.63. The number of hydrogen-bond donors (Lipinski definition) is 1. The summed E-state index contributed by atoms with van der Waals surface area (Å²) in [5, 5.41) is 9.82. The molecule has 1 aliphatic carbocycles. The van der Waals surface area contributed by atoms with Gasteiger partial charge in [0.25, 0.3) is 0 Å². The van der Waals surface area contributed by atoms with Gasteiger partial charge in [0.05, 0.1) is 0 Å². The summed E-state index contributed by atoms with van der Waals surface area (Å²) in [5.41, 5.74) is 4.16. The van der Waals surface area contributed by atoms with Crippen LogP contribution in [-0.2, 0) is 11.8 Å². The van der Waals surface area contributed by atoms with Crippen LogP contribution in [0.25, 0.3) is 0 Å². The van der Waals surface area contributed by atoms with E-state index in [2.05, 4.69) is 43.3 Å². The van der Waals surface area contributed by atoms with Gasteiger partial charge in [-0.2, -0.15) is 0 Å². The lowest BCUT2D eigenvalue weighted by molar-refractivity contribution is 0.352. The quantitative estimate of drug-likeness (QED) is 0.737. The molecule has 2 nitrogen and oxygen atoms in total. The molecule has 0 bridgehead atoms.